The van der Waals surface area contributed by atoms with E-state index < -0.39 is 53.1 Å². The van der Waals surface area contributed by atoms with Gasteiger partial charge in [0.15, 0.2) is 0 Å². The summed E-state index contributed by atoms with van der Waals surface area (Å²) in [6, 6.07) is 4.68. The number of nitrogens with zero attached hydrogens (tertiary/aromatic N) is 1. The number of carboxylic acids is 1. The summed E-state index contributed by atoms with van der Waals surface area (Å²) >= 11 is 0. The van der Waals surface area contributed by atoms with Gasteiger partial charge in [0.1, 0.15) is 23.2 Å². The standard InChI is InChI=1S/C32H44N4O7/c1-5-20-13-15-21(16-14-20)26(37)33-23-17-25-27(38)35-32(29(40)41)18-22(32)11-9-7-6-8-10-12-24(28(39)36(25)19-23)34-30(42)43-31(2,3)4/h9,11,13-16,22-25H,5-8,10,12,17-19H2,1-4H3,(H,33,37)(H,34,42)(H,35,38)(H,40,41)/t22-,23-,24+,25+,32-/m1/s1. The number of carbonyl (C=O) groups is 5. The molecule has 5 atom stereocenters. The molecule has 0 radical (unpaired) electrons. The number of fused-ring (bicyclic) bond motifs is 2. The molecule has 11 heteroatoms. The summed E-state index contributed by atoms with van der Waals surface area (Å²) in [5.41, 5.74) is -0.653. The highest BCUT2D eigenvalue weighted by Gasteiger charge is 2.61. The lowest BCUT2D eigenvalue weighted by atomic mass is 10.0. The Kier molecular flexibility index (Phi) is 9.82. The number of aliphatic carboxylic acids is 1. The molecule has 2 fully saturated rings. The van der Waals surface area contributed by atoms with E-state index in [1.165, 1.54) is 4.90 Å². The van der Waals surface area contributed by atoms with Crippen LogP contribution in [0.25, 0.3) is 0 Å². The van der Waals surface area contributed by atoms with Crippen LogP contribution in [0.15, 0.2) is 36.4 Å². The molecule has 0 aromatic heterocycles. The highest BCUT2D eigenvalue weighted by molar-refractivity contribution is 5.97. The molecule has 0 spiro atoms. The number of allylic oxidation sites excluding steroid dienone is 1. The van der Waals surface area contributed by atoms with E-state index in [1.807, 2.05) is 31.2 Å². The first-order valence-electron chi connectivity index (χ1n) is 15.2. The molecule has 4 amide bonds. The second-order valence-electron chi connectivity index (χ2n) is 12.8. The number of carboxylic acid groups (broad SMARTS) is 1. The van der Waals surface area contributed by atoms with Crippen molar-refractivity contribution in [1.82, 2.24) is 20.9 Å². The van der Waals surface area contributed by atoms with Crippen molar-refractivity contribution >= 4 is 29.8 Å². The van der Waals surface area contributed by atoms with Gasteiger partial charge in [0.25, 0.3) is 5.91 Å². The zero-order chi connectivity index (χ0) is 31.4. The Morgan fingerprint density at radius 1 is 1.09 bits per heavy atom. The predicted octanol–water partition coefficient (Wildman–Crippen LogP) is 3.32. The fourth-order valence-electron chi connectivity index (χ4n) is 5.82. The Bertz CT molecular complexity index is 1260. The summed E-state index contributed by atoms with van der Waals surface area (Å²) in [4.78, 5) is 67.1. The molecule has 234 valence electrons. The van der Waals surface area contributed by atoms with Gasteiger partial charge in [-0.1, -0.05) is 44.1 Å². The second kappa shape index (κ2) is 13.2. The quantitative estimate of drug-likeness (QED) is 0.380. The Labute approximate surface area is 252 Å². The van der Waals surface area contributed by atoms with Crippen molar-refractivity contribution in [1.29, 1.82) is 0 Å². The molecular weight excluding hydrogens is 552 g/mol. The first-order valence-corrected chi connectivity index (χ1v) is 15.2. The van der Waals surface area contributed by atoms with Crippen molar-refractivity contribution in [2.75, 3.05) is 6.54 Å². The third kappa shape index (κ3) is 7.94. The largest absolute Gasteiger partial charge is 0.479 e. The van der Waals surface area contributed by atoms with Crippen LogP contribution in [0.4, 0.5) is 4.79 Å². The summed E-state index contributed by atoms with van der Waals surface area (Å²) in [7, 11) is 0. The number of benzene rings is 1. The lowest BCUT2D eigenvalue weighted by molar-refractivity contribution is -0.145. The molecule has 0 bridgehead atoms. The van der Waals surface area contributed by atoms with Crippen molar-refractivity contribution in [2.45, 2.75) is 108 Å². The normalized spacial score (nSPS) is 28.0. The van der Waals surface area contributed by atoms with Gasteiger partial charge in [-0.2, -0.15) is 0 Å². The molecule has 11 nitrogen and oxygen atoms in total. The molecule has 4 N–H and O–H groups in total. The van der Waals surface area contributed by atoms with E-state index in [9.17, 15) is 29.1 Å². The van der Waals surface area contributed by atoms with E-state index in [1.54, 1.807) is 32.9 Å². The molecule has 2 heterocycles. The summed E-state index contributed by atoms with van der Waals surface area (Å²) in [5, 5.41) is 18.4. The average molecular weight is 597 g/mol. The molecule has 1 aromatic rings. The number of carbonyl (C=O) groups excluding carboxylic acids is 4. The van der Waals surface area contributed by atoms with E-state index >= 15 is 0 Å². The van der Waals surface area contributed by atoms with Crippen LogP contribution in [0.3, 0.4) is 0 Å². The summed E-state index contributed by atoms with van der Waals surface area (Å²) in [6.45, 7) is 7.24. The lowest BCUT2D eigenvalue weighted by Gasteiger charge is -2.30. The monoisotopic (exact) mass is 596 g/mol. The number of hydrogen-bond acceptors (Lipinski definition) is 6. The van der Waals surface area contributed by atoms with Crippen LogP contribution >= 0.6 is 0 Å². The number of alkyl carbamates (subject to hydrolysis) is 1. The SMILES string of the molecule is CCc1ccc(C(=O)N[C@@H]2C[C@H]3C(=O)N[C@]4(C(=O)O)C[C@H]4C=CCCCCC[C@H](NC(=O)OC(C)(C)C)C(=O)N3C2)cc1. The Morgan fingerprint density at radius 3 is 2.47 bits per heavy atom. The molecule has 2 aliphatic heterocycles. The fraction of sp³-hybridized carbons (Fsp3) is 0.594. The highest BCUT2D eigenvalue weighted by atomic mass is 16.6. The van der Waals surface area contributed by atoms with Crippen LogP contribution in [0, 0.1) is 5.92 Å². The van der Waals surface area contributed by atoms with E-state index in [0.717, 1.165) is 31.2 Å². The molecule has 4 rings (SSSR count). The molecule has 1 aromatic carbocycles. The minimum atomic E-state index is -1.43. The average Bonchev–Trinajstić information content (AvgIpc) is 3.48. The topological polar surface area (TPSA) is 154 Å². The molecular formula is C32H44N4O7. The Balaban J connectivity index is 1.59. The maximum atomic E-state index is 14.0. The van der Waals surface area contributed by atoms with Gasteiger partial charge >= 0.3 is 12.1 Å². The van der Waals surface area contributed by atoms with Crippen LogP contribution in [0.1, 0.15) is 88.6 Å². The number of nitrogens with one attached hydrogen (secondary N) is 3. The van der Waals surface area contributed by atoms with Gasteiger partial charge in [0.2, 0.25) is 11.8 Å². The molecule has 3 aliphatic rings. The van der Waals surface area contributed by atoms with Gasteiger partial charge in [-0.3, -0.25) is 14.4 Å². The highest BCUT2D eigenvalue weighted by Crippen LogP contribution is 2.45. The molecule has 1 saturated carbocycles. The second-order valence-corrected chi connectivity index (χ2v) is 12.8. The van der Waals surface area contributed by atoms with Crippen molar-refractivity contribution in [3.8, 4) is 0 Å². The van der Waals surface area contributed by atoms with Crippen LogP contribution in [-0.2, 0) is 25.5 Å². The third-order valence-corrected chi connectivity index (χ3v) is 8.31. The van der Waals surface area contributed by atoms with Crippen LogP contribution in [0.5, 0.6) is 0 Å². The zero-order valence-electron chi connectivity index (χ0n) is 25.5. The zero-order valence-corrected chi connectivity index (χ0v) is 25.5. The van der Waals surface area contributed by atoms with Crippen LogP contribution < -0.4 is 16.0 Å². The predicted molar refractivity (Wildman–Crippen MR) is 159 cm³/mol. The van der Waals surface area contributed by atoms with Crippen molar-refractivity contribution < 1.29 is 33.8 Å². The van der Waals surface area contributed by atoms with Gasteiger partial charge in [0.05, 0.1) is 0 Å². The first kappa shape index (κ1) is 32.0. The number of aryl methyl sites for hydroxylation is 1. The molecule has 1 saturated heterocycles. The molecule has 0 unspecified atom stereocenters. The van der Waals surface area contributed by atoms with Gasteiger partial charge in [-0.25, -0.2) is 9.59 Å². The number of hydrogen-bond donors (Lipinski definition) is 4. The summed E-state index contributed by atoms with van der Waals surface area (Å²) in [6.07, 6.45) is 7.65. The first-order chi connectivity index (χ1) is 20.3. The van der Waals surface area contributed by atoms with E-state index in [4.69, 9.17) is 4.74 Å². The van der Waals surface area contributed by atoms with Gasteiger partial charge in [-0.05, 0) is 77.0 Å². The van der Waals surface area contributed by atoms with Crippen LogP contribution in [0.2, 0.25) is 0 Å². The minimum Gasteiger partial charge on any atom is -0.479 e. The van der Waals surface area contributed by atoms with Crippen molar-refractivity contribution in [2.24, 2.45) is 5.92 Å². The van der Waals surface area contributed by atoms with E-state index in [-0.39, 0.29) is 31.2 Å². The maximum Gasteiger partial charge on any atom is 0.408 e. The van der Waals surface area contributed by atoms with Crippen molar-refractivity contribution in [3.05, 3.63) is 47.5 Å². The number of amides is 4. The smallest absolute Gasteiger partial charge is 0.408 e. The molecule has 1 aliphatic carbocycles. The lowest BCUT2D eigenvalue weighted by Crippen LogP contribution is -2.56. The summed E-state index contributed by atoms with van der Waals surface area (Å²) in [5.74, 6) is -2.87. The number of rotatable bonds is 5. The van der Waals surface area contributed by atoms with Gasteiger partial charge in [-0.15, -0.1) is 0 Å². The fourth-order valence-corrected chi connectivity index (χ4v) is 5.82. The summed E-state index contributed by atoms with van der Waals surface area (Å²) < 4.78 is 5.41. The maximum absolute atomic E-state index is 14.0. The Morgan fingerprint density at radius 2 is 1.81 bits per heavy atom. The van der Waals surface area contributed by atoms with Crippen LogP contribution in [-0.4, -0.2) is 75.6 Å². The van der Waals surface area contributed by atoms with Gasteiger partial charge in [0, 0.05) is 24.1 Å². The third-order valence-electron chi connectivity index (χ3n) is 8.31. The van der Waals surface area contributed by atoms with E-state index in [2.05, 4.69) is 16.0 Å². The Hall–Kier alpha value is -3.89. The van der Waals surface area contributed by atoms with Crippen molar-refractivity contribution in [3.63, 3.8) is 0 Å². The molecule has 43 heavy (non-hydrogen) atoms. The van der Waals surface area contributed by atoms with E-state index in [0.29, 0.717) is 18.4 Å². The van der Waals surface area contributed by atoms with Gasteiger partial charge < -0.3 is 30.7 Å². The minimum absolute atomic E-state index is 0.0333. The number of ether oxygens (including phenoxy) is 1.